The summed E-state index contributed by atoms with van der Waals surface area (Å²) in [6, 6.07) is 4.65. The lowest BCUT2D eigenvalue weighted by Crippen LogP contribution is -2.63. The molecule has 4 aliphatic rings. The van der Waals surface area contributed by atoms with E-state index in [1.807, 2.05) is 4.90 Å². The standard InChI is InChI=1S/C23H30F3N3O2/c24-23(25,26)17-5-6-20-16(13-17)14-19(22(30)27-9-11-31-12-10-27)21-15-28(7-8-29(20)21)18-3-1-2-4-18/h5-6,13,18-19,21H,1-4,7-12,14-15H2. The summed E-state index contributed by atoms with van der Waals surface area (Å²) in [7, 11) is 0. The molecular formula is C23H30F3N3O2. The van der Waals surface area contributed by atoms with Crippen molar-refractivity contribution >= 4 is 11.6 Å². The highest BCUT2D eigenvalue weighted by Gasteiger charge is 2.45. The van der Waals surface area contributed by atoms with E-state index in [4.69, 9.17) is 4.74 Å². The van der Waals surface area contributed by atoms with Crippen LogP contribution in [0.1, 0.15) is 36.8 Å². The number of halogens is 3. The van der Waals surface area contributed by atoms with Crippen LogP contribution in [0, 0.1) is 5.92 Å². The third-order valence-corrected chi connectivity index (χ3v) is 7.55. The molecule has 1 amide bonds. The average molecular weight is 438 g/mol. The monoisotopic (exact) mass is 437 g/mol. The summed E-state index contributed by atoms with van der Waals surface area (Å²) in [4.78, 5) is 20.1. The molecule has 0 radical (unpaired) electrons. The number of nitrogens with zero attached hydrogens (tertiary/aromatic N) is 3. The zero-order chi connectivity index (χ0) is 21.6. The smallest absolute Gasteiger partial charge is 0.378 e. The maximum absolute atomic E-state index is 13.5. The predicted octanol–water partition coefficient (Wildman–Crippen LogP) is 3.17. The molecule has 0 spiro atoms. The maximum Gasteiger partial charge on any atom is 0.416 e. The molecule has 8 heteroatoms. The Morgan fingerprint density at radius 2 is 1.77 bits per heavy atom. The fraction of sp³-hybridized carbons (Fsp3) is 0.696. The zero-order valence-electron chi connectivity index (χ0n) is 17.7. The number of carbonyl (C=O) groups is 1. The Morgan fingerprint density at radius 1 is 1.03 bits per heavy atom. The number of hydrogen-bond donors (Lipinski definition) is 0. The number of hydrogen-bond acceptors (Lipinski definition) is 4. The summed E-state index contributed by atoms with van der Waals surface area (Å²) in [5, 5.41) is 0. The SMILES string of the molecule is O=C(C1Cc2cc(C(F)(F)F)ccc2N2CCN(C3CCCC3)CC12)N1CCOCC1. The highest BCUT2D eigenvalue weighted by atomic mass is 19.4. The van der Waals surface area contributed by atoms with E-state index in [2.05, 4.69) is 9.80 Å². The van der Waals surface area contributed by atoms with Gasteiger partial charge in [0, 0.05) is 44.5 Å². The molecule has 3 aliphatic heterocycles. The van der Waals surface area contributed by atoms with E-state index in [0.29, 0.717) is 44.3 Å². The van der Waals surface area contributed by atoms with Gasteiger partial charge in [-0.05, 0) is 43.0 Å². The lowest BCUT2D eigenvalue weighted by molar-refractivity contribution is -0.141. The summed E-state index contributed by atoms with van der Waals surface area (Å²) in [6.07, 6.45) is 0.927. The number of morpholine rings is 1. The first-order valence-corrected chi connectivity index (χ1v) is 11.5. The molecule has 3 heterocycles. The third-order valence-electron chi connectivity index (χ3n) is 7.55. The molecule has 0 aromatic heterocycles. The normalized spacial score (nSPS) is 27.8. The van der Waals surface area contributed by atoms with Crippen molar-refractivity contribution in [2.45, 2.75) is 50.4 Å². The molecule has 1 aromatic carbocycles. The number of rotatable bonds is 2. The molecule has 2 unspecified atom stereocenters. The van der Waals surface area contributed by atoms with E-state index < -0.39 is 11.7 Å². The Morgan fingerprint density at radius 3 is 2.48 bits per heavy atom. The van der Waals surface area contributed by atoms with Crippen LogP contribution >= 0.6 is 0 Å². The number of ether oxygens (including phenoxy) is 1. The van der Waals surface area contributed by atoms with Crippen molar-refractivity contribution in [2.75, 3.05) is 50.8 Å². The fourth-order valence-electron chi connectivity index (χ4n) is 5.93. The Bertz CT molecular complexity index is 819. The van der Waals surface area contributed by atoms with Crippen LogP contribution in [0.2, 0.25) is 0 Å². The highest BCUT2D eigenvalue weighted by Crippen LogP contribution is 2.41. The molecule has 31 heavy (non-hydrogen) atoms. The average Bonchev–Trinajstić information content (AvgIpc) is 3.32. The van der Waals surface area contributed by atoms with Crippen LogP contribution in [0.3, 0.4) is 0 Å². The van der Waals surface area contributed by atoms with Crippen molar-refractivity contribution in [1.29, 1.82) is 0 Å². The fourth-order valence-corrected chi connectivity index (χ4v) is 5.93. The van der Waals surface area contributed by atoms with Gasteiger partial charge in [0.1, 0.15) is 0 Å². The van der Waals surface area contributed by atoms with Gasteiger partial charge in [0.15, 0.2) is 0 Å². The van der Waals surface area contributed by atoms with E-state index in [-0.39, 0.29) is 17.9 Å². The zero-order valence-corrected chi connectivity index (χ0v) is 17.7. The van der Waals surface area contributed by atoms with Crippen LogP contribution < -0.4 is 4.90 Å². The minimum atomic E-state index is -4.38. The summed E-state index contributed by atoms with van der Waals surface area (Å²) in [6.45, 7) is 4.64. The molecule has 5 rings (SSSR count). The minimum Gasteiger partial charge on any atom is -0.378 e. The second kappa shape index (κ2) is 8.28. The minimum absolute atomic E-state index is 0.00827. The van der Waals surface area contributed by atoms with Gasteiger partial charge in [-0.15, -0.1) is 0 Å². The molecule has 5 nitrogen and oxygen atoms in total. The molecule has 1 aliphatic carbocycles. The largest absolute Gasteiger partial charge is 0.416 e. The number of alkyl halides is 3. The summed E-state index contributed by atoms with van der Waals surface area (Å²) in [5.74, 6) is -0.257. The summed E-state index contributed by atoms with van der Waals surface area (Å²) < 4.78 is 45.5. The summed E-state index contributed by atoms with van der Waals surface area (Å²) in [5.41, 5.74) is 0.883. The van der Waals surface area contributed by atoms with Crippen molar-refractivity contribution < 1.29 is 22.7 Å². The third kappa shape index (κ3) is 4.04. The predicted molar refractivity (Wildman–Crippen MR) is 111 cm³/mol. The van der Waals surface area contributed by atoms with Crippen LogP contribution in [0.4, 0.5) is 18.9 Å². The van der Waals surface area contributed by atoms with Crippen molar-refractivity contribution in [3.8, 4) is 0 Å². The van der Waals surface area contributed by atoms with Crippen LogP contribution in [0.15, 0.2) is 18.2 Å². The van der Waals surface area contributed by atoms with Gasteiger partial charge in [-0.3, -0.25) is 9.69 Å². The number of benzene rings is 1. The van der Waals surface area contributed by atoms with Crippen LogP contribution in [0.25, 0.3) is 0 Å². The van der Waals surface area contributed by atoms with Crippen molar-refractivity contribution in [1.82, 2.24) is 9.80 Å². The van der Waals surface area contributed by atoms with E-state index in [0.717, 1.165) is 25.3 Å². The number of fused-ring (bicyclic) bond motifs is 3. The van der Waals surface area contributed by atoms with Gasteiger partial charge in [-0.2, -0.15) is 13.2 Å². The van der Waals surface area contributed by atoms with Crippen LogP contribution in [0.5, 0.6) is 0 Å². The first-order chi connectivity index (χ1) is 14.9. The Hall–Kier alpha value is -1.80. The number of piperazine rings is 1. The van der Waals surface area contributed by atoms with E-state index >= 15 is 0 Å². The Kier molecular flexibility index (Phi) is 5.63. The molecule has 0 N–H and O–H groups in total. The van der Waals surface area contributed by atoms with Gasteiger partial charge in [-0.1, -0.05) is 12.8 Å². The molecule has 170 valence electrons. The molecule has 1 aromatic rings. The van der Waals surface area contributed by atoms with Crippen LogP contribution in [-0.4, -0.2) is 73.7 Å². The van der Waals surface area contributed by atoms with Crippen molar-refractivity contribution in [3.05, 3.63) is 29.3 Å². The van der Waals surface area contributed by atoms with Gasteiger partial charge in [-0.25, -0.2) is 0 Å². The molecule has 3 fully saturated rings. The van der Waals surface area contributed by atoms with Gasteiger partial charge in [0.05, 0.1) is 30.7 Å². The lowest BCUT2D eigenvalue weighted by Gasteiger charge is -2.51. The first-order valence-electron chi connectivity index (χ1n) is 11.5. The Balaban J connectivity index is 1.46. The lowest BCUT2D eigenvalue weighted by atomic mass is 9.82. The van der Waals surface area contributed by atoms with Gasteiger partial charge in [0.2, 0.25) is 5.91 Å². The Labute approximate surface area is 181 Å². The molecular weight excluding hydrogens is 407 g/mol. The molecule has 2 atom stereocenters. The van der Waals surface area contributed by atoms with Crippen molar-refractivity contribution in [3.63, 3.8) is 0 Å². The first kappa shape index (κ1) is 21.1. The quantitative estimate of drug-likeness (QED) is 0.712. The van der Waals surface area contributed by atoms with Gasteiger partial charge < -0.3 is 14.5 Å². The van der Waals surface area contributed by atoms with Crippen LogP contribution in [-0.2, 0) is 22.1 Å². The molecule has 2 saturated heterocycles. The molecule has 1 saturated carbocycles. The highest BCUT2D eigenvalue weighted by molar-refractivity contribution is 5.82. The number of amides is 1. The number of carbonyl (C=O) groups excluding carboxylic acids is 1. The molecule has 0 bridgehead atoms. The second-order valence-electron chi connectivity index (χ2n) is 9.28. The van der Waals surface area contributed by atoms with E-state index in [9.17, 15) is 18.0 Å². The van der Waals surface area contributed by atoms with Gasteiger partial charge in [0.25, 0.3) is 0 Å². The second-order valence-corrected chi connectivity index (χ2v) is 9.28. The summed E-state index contributed by atoms with van der Waals surface area (Å²) >= 11 is 0. The van der Waals surface area contributed by atoms with E-state index in [1.165, 1.54) is 37.8 Å². The van der Waals surface area contributed by atoms with Crippen molar-refractivity contribution in [2.24, 2.45) is 5.92 Å². The van der Waals surface area contributed by atoms with E-state index in [1.54, 1.807) is 6.07 Å². The number of anilines is 1. The topological polar surface area (TPSA) is 36.0 Å². The van der Waals surface area contributed by atoms with Gasteiger partial charge >= 0.3 is 6.18 Å². The maximum atomic E-state index is 13.5.